The molecule has 0 spiro atoms. The molecule has 0 N–H and O–H groups in total. The third-order valence-electron chi connectivity index (χ3n) is 5.69. The van der Waals surface area contributed by atoms with Crippen molar-refractivity contribution in [2.24, 2.45) is 0 Å². The van der Waals surface area contributed by atoms with Crippen LogP contribution in [0.4, 0.5) is 15.9 Å². The van der Waals surface area contributed by atoms with E-state index in [0.717, 1.165) is 44.1 Å². The van der Waals surface area contributed by atoms with Crippen LogP contribution in [-0.2, 0) is 11.2 Å². The minimum absolute atomic E-state index is 0.207. The molecule has 148 valence electrons. The lowest BCUT2D eigenvalue weighted by molar-refractivity contribution is -0.131. The van der Waals surface area contributed by atoms with Gasteiger partial charge in [0.25, 0.3) is 0 Å². The number of pyridine rings is 1. The number of carbonyl (C=O) groups is 1. The summed E-state index contributed by atoms with van der Waals surface area (Å²) in [5.74, 6) is 1.02. The van der Waals surface area contributed by atoms with Gasteiger partial charge in [-0.25, -0.2) is 9.37 Å². The van der Waals surface area contributed by atoms with Crippen LogP contribution in [0, 0.1) is 5.82 Å². The maximum absolute atomic E-state index is 13.1. The molecule has 2 aliphatic rings. The van der Waals surface area contributed by atoms with Crippen LogP contribution in [0.25, 0.3) is 0 Å². The highest BCUT2D eigenvalue weighted by Crippen LogP contribution is 2.20. The minimum Gasteiger partial charge on any atom is -0.368 e. The summed E-state index contributed by atoms with van der Waals surface area (Å²) >= 11 is 0. The Morgan fingerprint density at radius 2 is 1.64 bits per heavy atom. The fourth-order valence-corrected chi connectivity index (χ4v) is 4.01. The summed E-state index contributed by atoms with van der Waals surface area (Å²) in [6, 6.07) is 10.7. The predicted octanol–water partition coefficient (Wildman–Crippen LogP) is 3.10. The Morgan fingerprint density at radius 1 is 0.929 bits per heavy atom. The van der Waals surface area contributed by atoms with Crippen molar-refractivity contribution in [1.29, 1.82) is 0 Å². The topological polar surface area (TPSA) is 39.7 Å². The van der Waals surface area contributed by atoms with E-state index in [1.165, 1.54) is 30.5 Å². The Morgan fingerprint density at radius 3 is 2.36 bits per heavy atom. The van der Waals surface area contributed by atoms with Gasteiger partial charge in [0.05, 0.1) is 0 Å². The summed E-state index contributed by atoms with van der Waals surface area (Å²) in [5, 5.41) is 0. The van der Waals surface area contributed by atoms with Gasteiger partial charge in [0.2, 0.25) is 5.91 Å². The van der Waals surface area contributed by atoms with Gasteiger partial charge in [-0.3, -0.25) is 4.79 Å². The molecule has 5 nitrogen and oxygen atoms in total. The zero-order valence-corrected chi connectivity index (χ0v) is 16.2. The maximum atomic E-state index is 13.1. The van der Waals surface area contributed by atoms with Gasteiger partial charge >= 0.3 is 0 Å². The Hall–Kier alpha value is -2.63. The number of hydrogen-bond acceptors (Lipinski definition) is 4. The first-order valence-electron chi connectivity index (χ1n) is 10.2. The van der Waals surface area contributed by atoms with Crippen molar-refractivity contribution in [3.8, 4) is 0 Å². The van der Waals surface area contributed by atoms with Crippen molar-refractivity contribution in [2.45, 2.75) is 25.7 Å². The number of halogens is 1. The van der Waals surface area contributed by atoms with Gasteiger partial charge in [-0.1, -0.05) is 0 Å². The molecule has 1 aromatic heterocycles. The van der Waals surface area contributed by atoms with Gasteiger partial charge < -0.3 is 14.7 Å². The highest BCUT2D eigenvalue weighted by Gasteiger charge is 2.21. The molecule has 0 bridgehead atoms. The third kappa shape index (κ3) is 4.43. The smallest absolute Gasteiger partial charge is 0.223 e. The van der Waals surface area contributed by atoms with Crippen molar-refractivity contribution in [1.82, 2.24) is 9.88 Å². The summed E-state index contributed by atoms with van der Waals surface area (Å²) in [6.07, 6.45) is 5.60. The van der Waals surface area contributed by atoms with Gasteiger partial charge in [-0.2, -0.15) is 0 Å². The highest BCUT2D eigenvalue weighted by atomic mass is 19.1. The number of nitrogens with zero attached hydrogens (tertiary/aromatic N) is 4. The molecule has 2 saturated heterocycles. The van der Waals surface area contributed by atoms with Crippen molar-refractivity contribution in [3.63, 3.8) is 0 Å². The second-order valence-electron chi connectivity index (χ2n) is 7.56. The van der Waals surface area contributed by atoms with E-state index in [1.54, 1.807) is 12.1 Å². The number of anilines is 2. The average molecular weight is 382 g/mol. The van der Waals surface area contributed by atoms with Crippen LogP contribution in [0.1, 0.15) is 24.8 Å². The van der Waals surface area contributed by atoms with Crippen LogP contribution in [0.15, 0.2) is 42.6 Å². The van der Waals surface area contributed by atoms with E-state index in [4.69, 9.17) is 0 Å². The Labute approximate surface area is 165 Å². The first kappa shape index (κ1) is 18.7. The van der Waals surface area contributed by atoms with Gasteiger partial charge in [-0.15, -0.1) is 0 Å². The van der Waals surface area contributed by atoms with E-state index in [-0.39, 0.29) is 11.7 Å². The molecule has 0 aliphatic carbocycles. The number of rotatable bonds is 5. The molecule has 3 heterocycles. The van der Waals surface area contributed by atoms with Gasteiger partial charge in [0.1, 0.15) is 11.6 Å². The van der Waals surface area contributed by atoms with E-state index in [2.05, 4.69) is 20.9 Å². The summed E-state index contributed by atoms with van der Waals surface area (Å²) in [7, 11) is 0. The number of aromatic nitrogens is 1. The van der Waals surface area contributed by atoms with Crippen LogP contribution < -0.4 is 9.80 Å². The van der Waals surface area contributed by atoms with Crippen LogP contribution in [0.5, 0.6) is 0 Å². The fourth-order valence-electron chi connectivity index (χ4n) is 4.01. The van der Waals surface area contributed by atoms with E-state index >= 15 is 0 Å². The van der Waals surface area contributed by atoms with Gasteiger partial charge in [-0.05, 0) is 61.2 Å². The van der Waals surface area contributed by atoms with Crippen LogP contribution >= 0.6 is 0 Å². The number of carbonyl (C=O) groups excluding carboxylic acids is 1. The lowest BCUT2D eigenvalue weighted by atomic mass is 10.1. The minimum atomic E-state index is -0.221. The molecule has 0 saturated carbocycles. The molecular weight excluding hydrogens is 355 g/mol. The first-order valence-corrected chi connectivity index (χ1v) is 10.2. The quantitative estimate of drug-likeness (QED) is 0.797. The number of aryl methyl sites for hydroxylation is 1. The molecular formula is C22H27FN4O. The second kappa shape index (κ2) is 8.59. The lowest BCUT2D eigenvalue weighted by Crippen LogP contribution is -2.48. The number of hydrogen-bond donors (Lipinski definition) is 0. The molecule has 4 rings (SSSR count). The molecule has 0 atom stereocenters. The summed E-state index contributed by atoms with van der Waals surface area (Å²) in [5.41, 5.74) is 2.19. The monoisotopic (exact) mass is 382 g/mol. The summed E-state index contributed by atoms with van der Waals surface area (Å²) in [4.78, 5) is 23.6. The van der Waals surface area contributed by atoms with Crippen molar-refractivity contribution < 1.29 is 9.18 Å². The van der Waals surface area contributed by atoms with Crippen LogP contribution in [-0.4, -0.2) is 55.1 Å². The van der Waals surface area contributed by atoms with E-state index in [9.17, 15) is 9.18 Å². The van der Waals surface area contributed by atoms with Crippen molar-refractivity contribution >= 4 is 17.4 Å². The summed E-state index contributed by atoms with van der Waals surface area (Å²) in [6.45, 7) is 5.15. The van der Waals surface area contributed by atoms with Gasteiger partial charge in [0.15, 0.2) is 0 Å². The molecule has 2 fully saturated rings. The molecule has 2 aliphatic heterocycles. The third-order valence-corrected chi connectivity index (χ3v) is 5.69. The Bertz CT molecular complexity index is 796. The summed E-state index contributed by atoms with van der Waals surface area (Å²) < 4.78 is 13.1. The molecule has 2 aromatic rings. The normalized spacial score (nSPS) is 17.2. The second-order valence-corrected chi connectivity index (χ2v) is 7.56. The standard InChI is InChI=1S/C22H27FN4O/c23-19-4-6-20(7-5-19)25-13-15-27(16-14-25)22(28)8-3-18-9-10-24-21(17-18)26-11-1-2-12-26/h4-7,9-10,17H,1-3,8,11-16H2. The largest absolute Gasteiger partial charge is 0.368 e. The number of benzene rings is 1. The van der Waals surface area contributed by atoms with Crippen LogP contribution in [0.2, 0.25) is 0 Å². The number of amides is 1. The zero-order valence-electron chi connectivity index (χ0n) is 16.2. The molecule has 6 heteroatoms. The van der Waals surface area contributed by atoms with Crippen LogP contribution in [0.3, 0.4) is 0 Å². The average Bonchev–Trinajstić information content (AvgIpc) is 3.28. The molecule has 1 aromatic carbocycles. The van der Waals surface area contributed by atoms with E-state index in [0.29, 0.717) is 19.5 Å². The molecule has 1 amide bonds. The molecule has 0 radical (unpaired) electrons. The Kier molecular flexibility index (Phi) is 5.74. The zero-order chi connectivity index (χ0) is 19.3. The molecule has 28 heavy (non-hydrogen) atoms. The number of piperazine rings is 1. The van der Waals surface area contributed by atoms with E-state index in [1.807, 2.05) is 17.2 Å². The van der Waals surface area contributed by atoms with Crippen molar-refractivity contribution in [2.75, 3.05) is 49.1 Å². The fraction of sp³-hybridized carbons (Fsp3) is 0.455. The van der Waals surface area contributed by atoms with E-state index < -0.39 is 0 Å². The molecule has 0 unspecified atom stereocenters. The van der Waals surface area contributed by atoms with Crippen molar-refractivity contribution in [3.05, 3.63) is 54.0 Å². The predicted molar refractivity (Wildman–Crippen MR) is 109 cm³/mol. The first-order chi connectivity index (χ1) is 13.7. The highest BCUT2D eigenvalue weighted by molar-refractivity contribution is 5.76. The Balaban J connectivity index is 1.27. The van der Waals surface area contributed by atoms with Gasteiger partial charge in [0, 0.05) is 57.6 Å². The SMILES string of the molecule is O=C(CCc1ccnc(N2CCCC2)c1)N1CCN(c2ccc(F)cc2)CC1. The lowest BCUT2D eigenvalue weighted by Gasteiger charge is -2.36. The maximum Gasteiger partial charge on any atom is 0.223 e.